The first-order valence-corrected chi connectivity index (χ1v) is 14.7. The molecule has 1 heterocycles. The van der Waals surface area contributed by atoms with Crippen molar-refractivity contribution >= 4 is 17.5 Å². The molecule has 43 heavy (non-hydrogen) atoms. The number of aromatic hydroxyl groups is 1. The van der Waals surface area contributed by atoms with Crippen LogP contribution in [0.2, 0.25) is 0 Å². The Balaban J connectivity index is 1.56. The Morgan fingerprint density at radius 1 is 1.23 bits per heavy atom. The van der Waals surface area contributed by atoms with Gasteiger partial charge in [-0.3, -0.25) is 24.2 Å². The van der Waals surface area contributed by atoms with Gasteiger partial charge < -0.3 is 30.9 Å². The Morgan fingerprint density at radius 2 is 1.93 bits per heavy atom. The minimum absolute atomic E-state index is 0.00168. The first kappa shape index (κ1) is 31.1. The van der Waals surface area contributed by atoms with Crippen LogP contribution in [0.1, 0.15) is 48.2 Å². The van der Waals surface area contributed by atoms with Crippen LogP contribution in [0.5, 0.6) is 5.75 Å². The fourth-order valence-corrected chi connectivity index (χ4v) is 7.52. The van der Waals surface area contributed by atoms with Crippen molar-refractivity contribution in [1.82, 2.24) is 9.80 Å². The zero-order valence-corrected chi connectivity index (χ0v) is 24.9. The maximum absolute atomic E-state index is 16.2. The van der Waals surface area contributed by atoms with Gasteiger partial charge in [-0.15, -0.1) is 0 Å². The average molecular weight is 602 g/mol. The van der Waals surface area contributed by atoms with Gasteiger partial charge in [0.15, 0.2) is 11.4 Å². The number of primary amides is 1. The predicted octanol–water partition coefficient (Wildman–Crippen LogP) is 1.75. The minimum Gasteiger partial charge on any atom is -0.510 e. The molecular formula is C31H40FN3O8. The summed E-state index contributed by atoms with van der Waals surface area (Å²) >= 11 is 0. The lowest BCUT2D eigenvalue weighted by molar-refractivity contribution is -0.148. The molecule has 0 bridgehead atoms. The maximum atomic E-state index is 16.2. The van der Waals surface area contributed by atoms with Crippen molar-refractivity contribution in [2.75, 3.05) is 40.4 Å². The molecule has 6 N–H and O–H groups in total. The van der Waals surface area contributed by atoms with Crippen molar-refractivity contribution in [3.8, 4) is 5.75 Å². The number of hydrogen-bond donors (Lipinski definition) is 5. The van der Waals surface area contributed by atoms with Crippen molar-refractivity contribution in [2.24, 2.45) is 29.4 Å². The molecule has 1 unspecified atom stereocenters. The molecule has 1 aromatic rings. The van der Waals surface area contributed by atoms with Gasteiger partial charge in [0, 0.05) is 48.9 Å². The molecule has 12 heteroatoms. The molecule has 1 amide bonds. The number of ketones is 2. The molecule has 1 saturated heterocycles. The molecule has 0 saturated carbocycles. The first-order valence-electron chi connectivity index (χ1n) is 14.7. The van der Waals surface area contributed by atoms with Crippen LogP contribution in [-0.2, 0) is 27.3 Å². The Morgan fingerprint density at radius 3 is 2.51 bits per heavy atom. The van der Waals surface area contributed by atoms with E-state index >= 15 is 4.39 Å². The topological polar surface area (TPSA) is 174 Å². The quantitative estimate of drug-likeness (QED) is 0.276. The number of rotatable bonds is 8. The molecular weight excluding hydrogens is 561 g/mol. The summed E-state index contributed by atoms with van der Waals surface area (Å²) in [5.41, 5.74) is 1.34. The molecule has 1 aromatic carbocycles. The number of Topliss-reactive ketones (excluding diaryl/α,β-unsaturated/α-hetero) is 2. The van der Waals surface area contributed by atoms with E-state index in [4.69, 9.17) is 10.5 Å². The second kappa shape index (κ2) is 11.3. The van der Waals surface area contributed by atoms with E-state index in [9.17, 15) is 34.8 Å². The number of phenolic OH excluding ortho intramolecular Hbond substituents is 1. The largest absolute Gasteiger partial charge is 0.510 e. The Bertz CT molecular complexity index is 1430. The fraction of sp³-hybridized carbons (Fsp3) is 0.581. The van der Waals surface area contributed by atoms with E-state index in [2.05, 4.69) is 18.7 Å². The third-order valence-electron chi connectivity index (χ3n) is 9.29. The van der Waals surface area contributed by atoms with Crippen molar-refractivity contribution in [1.29, 1.82) is 0 Å². The number of fused-ring (bicyclic) bond motifs is 3. The van der Waals surface area contributed by atoms with Crippen molar-refractivity contribution in [3.05, 3.63) is 51.2 Å². The van der Waals surface area contributed by atoms with Crippen molar-refractivity contribution in [3.63, 3.8) is 0 Å². The zero-order valence-electron chi connectivity index (χ0n) is 24.9. The zero-order chi connectivity index (χ0) is 31.5. The third kappa shape index (κ3) is 5.03. The summed E-state index contributed by atoms with van der Waals surface area (Å²) < 4.78 is 21.8. The number of aliphatic hydroxyl groups excluding tert-OH is 2. The van der Waals surface area contributed by atoms with E-state index in [1.807, 2.05) is 0 Å². The molecule has 5 atom stereocenters. The third-order valence-corrected chi connectivity index (χ3v) is 9.29. The molecule has 234 valence electrons. The van der Waals surface area contributed by atoms with Crippen LogP contribution in [0.4, 0.5) is 4.39 Å². The molecule has 0 spiro atoms. The average Bonchev–Trinajstić information content (AvgIpc) is 3.41. The SMILES string of the molecule is CC(C)CN(Cc1cc(O)c2c(c1F)C[C@H]1C[C@H]3[C@H](N(C)C)C(O)=C(C(N)=O)C(=O)[C@@]3(O)C(O)=C1C2=O)CC1CCOC1. The number of nitrogens with two attached hydrogens (primary N) is 1. The van der Waals surface area contributed by atoms with Gasteiger partial charge >= 0.3 is 0 Å². The summed E-state index contributed by atoms with van der Waals surface area (Å²) in [6, 6.07) is 0.113. The van der Waals surface area contributed by atoms with Crippen LogP contribution in [0.3, 0.4) is 0 Å². The van der Waals surface area contributed by atoms with Crippen LogP contribution in [0.25, 0.3) is 0 Å². The van der Waals surface area contributed by atoms with Crippen LogP contribution < -0.4 is 5.73 Å². The Labute approximate surface area is 249 Å². The highest BCUT2D eigenvalue weighted by Crippen LogP contribution is 2.52. The Kier molecular flexibility index (Phi) is 8.18. The highest BCUT2D eigenvalue weighted by molar-refractivity contribution is 6.24. The van der Waals surface area contributed by atoms with Gasteiger partial charge in [-0.25, -0.2) is 4.39 Å². The number of phenols is 1. The maximum Gasteiger partial charge on any atom is 0.255 e. The van der Waals surface area contributed by atoms with Crippen molar-refractivity contribution in [2.45, 2.75) is 51.3 Å². The number of hydrogen-bond acceptors (Lipinski definition) is 10. The Hall–Kier alpha value is -3.32. The molecule has 1 aliphatic heterocycles. The van der Waals surface area contributed by atoms with Gasteiger partial charge in [-0.1, -0.05) is 13.8 Å². The van der Waals surface area contributed by atoms with Gasteiger partial charge in [0.1, 0.15) is 28.7 Å². The van der Waals surface area contributed by atoms with Crippen molar-refractivity contribution < 1.29 is 43.9 Å². The predicted molar refractivity (Wildman–Crippen MR) is 153 cm³/mol. The van der Waals surface area contributed by atoms with Gasteiger partial charge in [-0.2, -0.15) is 0 Å². The van der Waals surface area contributed by atoms with E-state index in [0.29, 0.717) is 38.1 Å². The molecule has 5 rings (SSSR count). The van der Waals surface area contributed by atoms with E-state index in [-0.39, 0.29) is 41.6 Å². The molecule has 4 aliphatic rings. The summed E-state index contributed by atoms with van der Waals surface area (Å²) in [4.78, 5) is 42.9. The molecule has 0 aromatic heterocycles. The van der Waals surface area contributed by atoms with Gasteiger partial charge in [-0.05, 0) is 57.2 Å². The summed E-state index contributed by atoms with van der Waals surface area (Å²) in [6.45, 7) is 7.06. The molecule has 1 fully saturated rings. The second-order valence-electron chi connectivity index (χ2n) is 13.0. The van der Waals surface area contributed by atoms with E-state index in [1.54, 1.807) is 14.1 Å². The van der Waals surface area contributed by atoms with E-state index in [1.165, 1.54) is 11.0 Å². The standard InChI is InChI=1S/C31H40FN3O8/c1-14(2)10-35(11-15-5-6-43-13-15)12-17-9-20(36)22-18(24(17)32)7-16-8-19-25(34(3)4)27(38)23(30(33)41)29(40)31(19,42)28(39)21(16)26(22)37/h9,14-16,19,25,36,38-39,42H,5-8,10-13H2,1-4H3,(H2,33,41)/t15?,16-,19-,25-,31-/m0/s1. The normalized spacial score (nSPS) is 29.0. The highest BCUT2D eigenvalue weighted by Gasteiger charge is 2.63. The van der Waals surface area contributed by atoms with Crippen LogP contribution >= 0.6 is 0 Å². The molecule has 11 nitrogen and oxygen atoms in total. The van der Waals surface area contributed by atoms with E-state index in [0.717, 1.165) is 6.42 Å². The number of nitrogens with zero attached hydrogens (tertiary/aromatic N) is 2. The number of benzene rings is 1. The van der Waals surface area contributed by atoms with Gasteiger partial charge in [0.05, 0.1) is 18.2 Å². The first-order chi connectivity index (χ1) is 20.2. The smallest absolute Gasteiger partial charge is 0.255 e. The van der Waals surface area contributed by atoms with Gasteiger partial charge in [0.25, 0.3) is 5.91 Å². The lowest BCUT2D eigenvalue weighted by Crippen LogP contribution is -2.63. The number of ether oxygens (including phenoxy) is 1. The van der Waals surface area contributed by atoms with Crippen LogP contribution in [0, 0.1) is 29.5 Å². The van der Waals surface area contributed by atoms with Gasteiger partial charge in [0.2, 0.25) is 5.78 Å². The number of halogens is 1. The highest BCUT2D eigenvalue weighted by atomic mass is 19.1. The van der Waals surface area contributed by atoms with Crippen LogP contribution in [0.15, 0.2) is 28.7 Å². The number of aliphatic hydroxyl groups is 3. The second-order valence-corrected chi connectivity index (χ2v) is 13.0. The number of likely N-dealkylation sites (N-methyl/N-ethyl adjacent to an activating group) is 1. The summed E-state index contributed by atoms with van der Waals surface area (Å²) in [5, 5.41) is 45.0. The molecule has 3 aliphatic carbocycles. The molecule has 0 radical (unpaired) electrons. The summed E-state index contributed by atoms with van der Waals surface area (Å²) in [6.07, 6.45) is 0.719. The van der Waals surface area contributed by atoms with E-state index < -0.39 is 69.6 Å². The fourth-order valence-electron chi connectivity index (χ4n) is 7.52. The number of carbonyl (C=O) groups excluding carboxylic acids is 3. The lowest BCUT2D eigenvalue weighted by Gasteiger charge is -2.50. The number of carbonyl (C=O) groups is 3. The summed E-state index contributed by atoms with van der Waals surface area (Å²) in [5.74, 6) is -7.62. The number of allylic oxidation sites excluding steroid dienone is 1. The monoisotopic (exact) mass is 601 g/mol. The lowest BCUT2D eigenvalue weighted by atomic mass is 9.58. The summed E-state index contributed by atoms with van der Waals surface area (Å²) in [7, 11) is 3.11. The number of amides is 1. The van der Waals surface area contributed by atoms with Crippen LogP contribution in [-0.4, -0.2) is 99.7 Å². The minimum atomic E-state index is -2.74.